The minimum Gasteiger partial charge on any atom is -0.462 e. The maximum atomic E-state index is 13.5. The number of amides is 2. The quantitative estimate of drug-likeness (QED) is 0.360. The molecule has 0 fully saturated rings. The molecule has 8 nitrogen and oxygen atoms in total. The number of aliphatic imine (C=N–C) groups is 1. The Morgan fingerprint density at radius 1 is 1.02 bits per heavy atom. The maximum Gasteiger partial charge on any atom is 0.413 e. The molecule has 1 N–H and O–H groups in total. The Labute approximate surface area is 235 Å². The summed E-state index contributed by atoms with van der Waals surface area (Å²) in [6, 6.07) is 12.7. The van der Waals surface area contributed by atoms with E-state index in [1.807, 2.05) is 37.3 Å². The number of alkyl halides is 1. The third-order valence-electron chi connectivity index (χ3n) is 5.97. The van der Waals surface area contributed by atoms with Gasteiger partial charge in [-0.3, -0.25) is 14.5 Å². The number of alkyl carbamates (subject to hydrolysis) is 1. The summed E-state index contributed by atoms with van der Waals surface area (Å²) in [4.78, 5) is 44.5. The van der Waals surface area contributed by atoms with Crippen LogP contribution in [0, 0.1) is 0 Å². The SMILES string of the molecule is CCCN(CCCF)C(=O)C1=Cc2ccc(-c3ccc(C(=O)OCC)cc3)cc2N=C(NC(=O)OC(C)(C)C)C1. The molecule has 40 heavy (non-hydrogen) atoms. The highest BCUT2D eigenvalue weighted by molar-refractivity contribution is 6.08. The molecule has 214 valence electrons. The third kappa shape index (κ3) is 8.49. The molecule has 2 amide bonds. The standard InChI is InChI=1S/C31H38FN3O5/c1-6-16-35(17-8-15-32)28(36)25-18-24-14-13-23(21-9-11-22(12-10-21)29(37)39-7-2)19-26(24)33-27(20-25)34-30(38)40-31(3,4)5/h9-14,18-19H,6-8,15-17,20H2,1-5H3,(H,33,34,38). The number of nitrogens with zero attached hydrogens (tertiary/aromatic N) is 2. The summed E-state index contributed by atoms with van der Waals surface area (Å²) < 4.78 is 23.4. The zero-order valence-electron chi connectivity index (χ0n) is 23.9. The Hall–Kier alpha value is -4.01. The molecule has 0 atom stereocenters. The summed E-state index contributed by atoms with van der Waals surface area (Å²) in [5.41, 5.74) is 3.15. The molecule has 0 saturated heterocycles. The lowest BCUT2D eigenvalue weighted by molar-refractivity contribution is -0.127. The molecule has 2 aromatic carbocycles. The van der Waals surface area contributed by atoms with Crippen LogP contribution in [-0.2, 0) is 14.3 Å². The van der Waals surface area contributed by atoms with Crippen molar-refractivity contribution >= 4 is 35.6 Å². The molecule has 0 spiro atoms. The Morgan fingerprint density at radius 2 is 1.73 bits per heavy atom. The Balaban J connectivity index is 2.00. The van der Waals surface area contributed by atoms with Crippen LogP contribution in [0.25, 0.3) is 17.2 Å². The second-order valence-corrected chi connectivity index (χ2v) is 10.4. The zero-order valence-corrected chi connectivity index (χ0v) is 23.9. The monoisotopic (exact) mass is 551 g/mol. The minimum absolute atomic E-state index is 0.0756. The first-order chi connectivity index (χ1) is 19.0. The van der Waals surface area contributed by atoms with Crippen molar-refractivity contribution in [3.05, 3.63) is 59.2 Å². The molecular formula is C31H38FN3O5. The van der Waals surface area contributed by atoms with Crippen LogP contribution in [0.15, 0.2) is 53.0 Å². The van der Waals surface area contributed by atoms with Crippen molar-refractivity contribution < 1.29 is 28.2 Å². The number of benzene rings is 2. The predicted molar refractivity (Wildman–Crippen MR) is 154 cm³/mol. The van der Waals surface area contributed by atoms with Gasteiger partial charge in [0, 0.05) is 30.6 Å². The number of rotatable bonds is 9. The molecule has 9 heteroatoms. The van der Waals surface area contributed by atoms with Crippen molar-refractivity contribution in [1.82, 2.24) is 10.2 Å². The van der Waals surface area contributed by atoms with Gasteiger partial charge < -0.3 is 14.4 Å². The average molecular weight is 552 g/mol. The van der Waals surface area contributed by atoms with E-state index in [-0.39, 0.29) is 30.6 Å². The van der Waals surface area contributed by atoms with Gasteiger partial charge in [-0.05, 0) is 75.9 Å². The highest BCUT2D eigenvalue weighted by Crippen LogP contribution is 2.32. The molecule has 0 saturated carbocycles. The van der Waals surface area contributed by atoms with Gasteiger partial charge in [0.25, 0.3) is 0 Å². The number of nitrogens with one attached hydrogen (secondary N) is 1. The van der Waals surface area contributed by atoms with Crippen LogP contribution < -0.4 is 5.32 Å². The highest BCUT2D eigenvalue weighted by atomic mass is 19.1. The van der Waals surface area contributed by atoms with Gasteiger partial charge in [0.05, 0.1) is 24.5 Å². The summed E-state index contributed by atoms with van der Waals surface area (Å²) >= 11 is 0. The summed E-state index contributed by atoms with van der Waals surface area (Å²) in [5.74, 6) is -0.339. The lowest BCUT2D eigenvalue weighted by atomic mass is 10.00. The summed E-state index contributed by atoms with van der Waals surface area (Å²) in [7, 11) is 0. The molecule has 3 rings (SSSR count). The summed E-state index contributed by atoms with van der Waals surface area (Å²) in [5, 5.41) is 2.71. The second-order valence-electron chi connectivity index (χ2n) is 10.4. The number of esters is 1. The normalized spacial score (nSPS) is 12.8. The Bertz CT molecular complexity index is 1280. The maximum absolute atomic E-state index is 13.5. The van der Waals surface area contributed by atoms with Crippen LogP contribution >= 0.6 is 0 Å². The Kier molecular flexibility index (Phi) is 10.6. The van der Waals surface area contributed by atoms with E-state index in [1.165, 1.54) is 0 Å². The van der Waals surface area contributed by atoms with E-state index in [0.717, 1.165) is 17.5 Å². The van der Waals surface area contributed by atoms with Gasteiger partial charge >= 0.3 is 12.1 Å². The number of fused-ring (bicyclic) bond motifs is 1. The van der Waals surface area contributed by atoms with Gasteiger partial charge in [0.15, 0.2) is 0 Å². The first-order valence-corrected chi connectivity index (χ1v) is 13.6. The van der Waals surface area contributed by atoms with Crippen molar-refractivity contribution in [1.29, 1.82) is 0 Å². The van der Waals surface area contributed by atoms with Gasteiger partial charge in [-0.25, -0.2) is 14.6 Å². The molecule has 1 aliphatic rings. The lowest BCUT2D eigenvalue weighted by Gasteiger charge is -2.23. The molecular weight excluding hydrogens is 513 g/mol. The molecule has 1 aliphatic heterocycles. The van der Waals surface area contributed by atoms with Crippen LogP contribution in [-0.4, -0.2) is 60.7 Å². The number of carbonyl (C=O) groups is 3. The van der Waals surface area contributed by atoms with Crippen molar-refractivity contribution in [2.45, 2.75) is 59.5 Å². The largest absolute Gasteiger partial charge is 0.462 e. The van der Waals surface area contributed by atoms with Gasteiger partial charge in [0.1, 0.15) is 11.4 Å². The van der Waals surface area contributed by atoms with E-state index in [2.05, 4.69) is 5.32 Å². The van der Waals surface area contributed by atoms with E-state index < -0.39 is 18.4 Å². The molecule has 0 aliphatic carbocycles. The summed E-state index contributed by atoms with van der Waals surface area (Å²) in [6.07, 6.45) is 2.17. The van der Waals surface area contributed by atoms with Crippen molar-refractivity contribution in [2.24, 2.45) is 4.99 Å². The zero-order chi connectivity index (χ0) is 29.3. The minimum atomic E-state index is -0.713. The van der Waals surface area contributed by atoms with Gasteiger partial charge in [0.2, 0.25) is 5.91 Å². The third-order valence-corrected chi connectivity index (χ3v) is 5.97. The topological polar surface area (TPSA) is 97.3 Å². The van der Waals surface area contributed by atoms with E-state index >= 15 is 0 Å². The fraction of sp³-hybridized carbons (Fsp3) is 0.419. The predicted octanol–water partition coefficient (Wildman–Crippen LogP) is 6.47. The second kappa shape index (κ2) is 13.9. The van der Waals surface area contributed by atoms with E-state index in [1.54, 1.807) is 50.8 Å². The van der Waals surface area contributed by atoms with Gasteiger partial charge in [-0.15, -0.1) is 0 Å². The lowest BCUT2D eigenvalue weighted by Crippen LogP contribution is -2.38. The number of halogens is 1. The Morgan fingerprint density at radius 3 is 2.35 bits per heavy atom. The molecule has 0 aromatic heterocycles. The van der Waals surface area contributed by atoms with E-state index in [9.17, 15) is 18.8 Å². The van der Waals surface area contributed by atoms with E-state index in [0.29, 0.717) is 42.1 Å². The van der Waals surface area contributed by atoms with E-state index in [4.69, 9.17) is 14.5 Å². The van der Waals surface area contributed by atoms with Gasteiger partial charge in [-0.2, -0.15) is 0 Å². The fourth-order valence-electron chi connectivity index (χ4n) is 4.23. The molecule has 0 bridgehead atoms. The number of carbonyl (C=O) groups excluding carboxylic acids is 3. The molecule has 1 heterocycles. The van der Waals surface area contributed by atoms with Crippen molar-refractivity contribution in [3.8, 4) is 11.1 Å². The average Bonchev–Trinajstić information content (AvgIpc) is 3.08. The number of ether oxygens (including phenoxy) is 2. The fourth-order valence-corrected chi connectivity index (χ4v) is 4.23. The molecule has 0 unspecified atom stereocenters. The molecule has 2 aromatic rings. The molecule has 0 radical (unpaired) electrons. The van der Waals surface area contributed by atoms with Crippen LogP contribution in [0.2, 0.25) is 0 Å². The van der Waals surface area contributed by atoms with Crippen molar-refractivity contribution in [2.75, 3.05) is 26.4 Å². The highest BCUT2D eigenvalue weighted by Gasteiger charge is 2.25. The van der Waals surface area contributed by atoms with Crippen LogP contribution in [0.1, 0.15) is 69.8 Å². The van der Waals surface area contributed by atoms with Crippen LogP contribution in [0.3, 0.4) is 0 Å². The summed E-state index contributed by atoms with van der Waals surface area (Å²) in [6.45, 7) is 9.60. The van der Waals surface area contributed by atoms with Gasteiger partial charge in [-0.1, -0.05) is 31.2 Å². The number of amidine groups is 1. The first-order valence-electron chi connectivity index (χ1n) is 13.6. The van der Waals surface area contributed by atoms with Crippen molar-refractivity contribution in [3.63, 3.8) is 0 Å². The smallest absolute Gasteiger partial charge is 0.413 e. The van der Waals surface area contributed by atoms with Crippen LogP contribution in [0.5, 0.6) is 0 Å². The first kappa shape index (κ1) is 30.5. The number of hydrogen-bond donors (Lipinski definition) is 1. The number of hydrogen-bond acceptors (Lipinski definition) is 6. The van der Waals surface area contributed by atoms with Crippen LogP contribution in [0.4, 0.5) is 14.9 Å².